The first-order valence-electron chi connectivity index (χ1n) is 6.63. The summed E-state index contributed by atoms with van der Waals surface area (Å²) >= 11 is 0. The Labute approximate surface area is 123 Å². The molecule has 0 aliphatic heterocycles. The predicted molar refractivity (Wildman–Crippen MR) is 78.9 cm³/mol. The molecule has 0 fully saturated rings. The average Bonchev–Trinajstić information content (AvgIpc) is 2.53. The normalized spacial score (nSPS) is 11.0. The van der Waals surface area contributed by atoms with Gasteiger partial charge < -0.3 is 9.57 Å². The maximum absolute atomic E-state index is 11.3. The van der Waals surface area contributed by atoms with Gasteiger partial charge in [-0.1, -0.05) is 41.6 Å². The van der Waals surface area contributed by atoms with E-state index in [1.54, 1.807) is 13.1 Å². The summed E-state index contributed by atoms with van der Waals surface area (Å²) in [6, 6.07) is 15.1. The van der Waals surface area contributed by atoms with Crippen molar-refractivity contribution in [2.24, 2.45) is 5.16 Å². The van der Waals surface area contributed by atoms with Crippen LogP contribution in [0.5, 0.6) is 0 Å². The van der Waals surface area contributed by atoms with Gasteiger partial charge in [-0.2, -0.15) is 0 Å². The van der Waals surface area contributed by atoms with Crippen LogP contribution in [0.3, 0.4) is 0 Å². The standard InChI is InChI=1S/C16H16N2O3/c1-2-20-15(19)12-21-18-16(13-8-4-3-5-9-13)14-10-6-7-11-17-14/h3-11H,2,12H2,1H3. The minimum absolute atomic E-state index is 0.225. The minimum Gasteiger partial charge on any atom is -0.463 e. The number of ether oxygens (including phenoxy) is 1. The Morgan fingerprint density at radius 1 is 1.14 bits per heavy atom. The third-order valence-electron chi connectivity index (χ3n) is 2.60. The van der Waals surface area contributed by atoms with Gasteiger partial charge in [0.15, 0.2) is 0 Å². The van der Waals surface area contributed by atoms with Crippen LogP contribution in [0.25, 0.3) is 0 Å². The fraction of sp³-hybridized carbons (Fsp3) is 0.188. The number of pyridine rings is 1. The van der Waals surface area contributed by atoms with Gasteiger partial charge in [0.05, 0.1) is 12.3 Å². The lowest BCUT2D eigenvalue weighted by Gasteiger charge is -2.06. The summed E-state index contributed by atoms with van der Waals surface area (Å²) in [6.07, 6.45) is 1.68. The van der Waals surface area contributed by atoms with Crippen LogP contribution in [0.1, 0.15) is 18.2 Å². The van der Waals surface area contributed by atoms with Crippen molar-refractivity contribution in [3.05, 3.63) is 66.0 Å². The molecule has 0 unspecified atom stereocenters. The van der Waals surface area contributed by atoms with Crippen molar-refractivity contribution in [1.82, 2.24) is 4.98 Å². The highest BCUT2D eigenvalue weighted by Crippen LogP contribution is 2.09. The molecule has 5 nitrogen and oxygen atoms in total. The maximum atomic E-state index is 11.3. The first kappa shape index (κ1) is 14.7. The zero-order valence-corrected chi connectivity index (χ0v) is 11.7. The average molecular weight is 284 g/mol. The van der Waals surface area contributed by atoms with Gasteiger partial charge in [-0.05, 0) is 19.1 Å². The van der Waals surface area contributed by atoms with Gasteiger partial charge in [0, 0.05) is 11.8 Å². The van der Waals surface area contributed by atoms with E-state index in [0.717, 1.165) is 5.56 Å². The summed E-state index contributed by atoms with van der Waals surface area (Å²) < 4.78 is 4.79. The van der Waals surface area contributed by atoms with Crippen molar-refractivity contribution in [3.8, 4) is 0 Å². The van der Waals surface area contributed by atoms with E-state index >= 15 is 0 Å². The molecule has 1 heterocycles. The molecule has 0 spiro atoms. The summed E-state index contributed by atoms with van der Waals surface area (Å²) in [7, 11) is 0. The lowest BCUT2D eigenvalue weighted by molar-refractivity contribution is -0.148. The van der Waals surface area contributed by atoms with Crippen molar-refractivity contribution < 1.29 is 14.4 Å². The van der Waals surface area contributed by atoms with E-state index in [-0.39, 0.29) is 6.61 Å². The van der Waals surface area contributed by atoms with Gasteiger partial charge in [-0.3, -0.25) is 4.98 Å². The van der Waals surface area contributed by atoms with Crippen LogP contribution in [-0.2, 0) is 14.4 Å². The molecule has 5 heteroatoms. The first-order valence-corrected chi connectivity index (χ1v) is 6.63. The number of nitrogens with zero attached hydrogens (tertiary/aromatic N) is 2. The van der Waals surface area contributed by atoms with Crippen LogP contribution in [0.2, 0.25) is 0 Å². The maximum Gasteiger partial charge on any atom is 0.347 e. The topological polar surface area (TPSA) is 60.8 Å². The number of oxime groups is 1. The molecule has 108 valence electrons. The van der Waals surface area contributed by atoms with Crippen LogP contribution in [0.4, 0.5) is 0 Å². The Morgan fingerprint density at radius 2 is 1.90 bits per heavy atom. The molecule has 0 saturated carbocycles. The summed E-state index contributed by atoms with van der Waals surface area (Å²) in [5.74, 6) is -0.449. The molecule has 2 rings (SSSR count). The van der Waals surface area contributed by atoms with Crippen molar-refractivity contribution in [3.63, 3.8) is 0 Å². The van der Waals surface area contributed by atoms with Crippen LogP contribution in [0.15, 0.2) is 59.9 Å². The van der Waals surface area contributed by atoms with Crippen molar-refractivity contribution in [1.29, 1.82) is 0 Å². The third kappa shape index (κ3) is 4.42. The van der Waals surface area contributed by atoms with Crippen LogP contribution in [-0.4, -0.2) is 29.9 Å². The molecule has 1 aromatic heterocycles. The Bertz CT molecular complexity index is 556. The predicted octanol–water partition coefficient (Wildman–Crippen LogP) is 2.41. The molecule has 1 aromatic carbocycles. The van der Waals surface area contributed by atoms with Crippen LogP contribution < -0.4 is 0 Å². The highest BCUT2D eigenvalue weighted by molar-refractivity contribution is 6.11. The van der Waals surface area contributed by atoms with Gasteiger partial charge in [0.1, 0.15) is 5.71 Å². The lowest BCUT2D eigenvalue weighted by Crippen LogP contribution is -2.12. The van der Waals surface area contributed by atoms with Gasteiger partial charge in [-0.15, -0.1) is 0 Å². The van der Waals surface area contributed by atoms with E-state index in [1.807, 2.05) is 48.5 Å². The Morgan fingerprint density at radius 3 is 2.57 bits per heavy atom. The zero-order valence-electron chi connectivity index (χ0n) is 11.7. The minimum atomic E-state index is -0.449. The second-order valence-corrected chi connectivity index (χ2v) is 4.10. The zero-order chi connectivity index (χ0) is 14.9. The monoisotopic (exact) mass is 284 g/mol. The third-order valence-corrected chi connectivity index (χ3v) is 2.60. The molecule has 0 aliphatic rings. The smallest absolute Gasteiger partial charge is 0.347 e. The lowest BCUT2D eigenvalue weighted by atomic mass is 10.1. The van der Waals surface area contributed by atoms with E-state index in [4.69, 9.17) is 9.57 Å². The molecular weight excluding hydrogens is 268 g/mol. The van der Waals surface area contributed by atoms with Gasteiger partial charge >= 0.3 is 5.97 Å². The molecule has 0 N–H and O–H groups in total. The SMILES string of the molecule is CCOC(=O)CON=C(c1ccccc1)c1ccccn1. The van der Waals surface area contributed by atoms with E-state index < -0.39 is 5.97 Å². The summed E-state index contributed by atoms with van der Waals surface area (Å²) in [5.41, 5.74) is 2.10. The Kier molecular flexibility index (Phi) is 5.46. The molecule has 0 bridgehead atoms. The van der Waals surface area contributed by atoms with E-state index in [9.17, 15) is 4.79 Å². The van der Waals surface area contributed by atoms with E-state index in [0.29, 0.717) is 18.0 Å². The van der Waals surface area contributed by atoms with Crippen LogP contribution >= 0.6 is 0 Å². The van der Waals surface area contributed by atoms with Gasteiger partial charge in [0.25, 0.3) is 0 Å². The second kappa shape index (κ2) is 7.79. The Hall–Kier alpha value is -2.69. The quantitative estimate of drug-likeness (QED) is 0.464. The summed E-state index contributed by atoms with van der Waals surface area (Å²) in [4.78, 5) is 20.6. The van der Waals surface area contributed by atoms with Crippen molar-refractivity contribution in [2.75, 3.05) is 13.2 Å². The molecule has 0 radical (unpaired) electrons. The number of carbonyl (C=O) groups excluding carboxylic acids is 1. The number of hydrogen-bond donors (Lipinski definition) is 0. The molecule has 21 heavy (non-hydrogen) atoms. The molecule has 2 aromatic rings. The van der Waals surface area contributed by atoms with E-state index in [2.05, 4.69) is 10.1 Å². The van der Waals surface area contributed by atoms with Crippen LogP contribution in [0, 0.1) is 0 Å². The number of hydrogen-bond acceptors (Lipinski definition) is 5. The van der Waals surface area contributed by atoms with Crippen molar-refractivity contribution in [2.45, 2.75) is 6.92 Å². The number of rotatable bonds is 6. The number of esters is 1. The highest BCUT2D eigenvalue weighted by Gasteiger charge is 2.09. The fourth-order valence-electron chi connectivity index (χ4n) is 1.70. The molecule has 0 aliphatic carbocycles. The van der Waals surface area contributed by atoms with Gasteiger partial charge in [0.2, 0.25) is 6.61 Å². The summed E-state index contributed by atoms with van der Waals surface area (Å²) in [5, 5.41) is 4.04. The molecule has 0 saturated heterocycles. The number of carbonyl (C=O) groups is 1. The number of benzene rings is 1. The van der Waals surface area contributed by atoms with Crippen molar-refractivity contribution >= 4 is 11.7 Å². The first-order chi connectivity index (χ1) is 10.3. The Balaban J connectivity index is 2.19. The molecule has 0 amide bonds. The second-order valence-electron chi connectivity index (χ2n) is 4.10. The largest absolute Gasteiger partial charge is 0.463 e. The summed E-state index contributed by atoms with van der Waals surface area (Å²) in [6.45, 7) is 1.83. The van der Waals surface area contributed by atoms with E-state index in [1.165, 1.54) is 0 Å². The number of aromatic nitrogens is 1. The fourth-order valence-corrected chi connectivity index (χ4v) is 1.70. The molecular formula is C16H16N2O3. The van der Waals surface area contributed by atoms with Gasteiger partial charge in [-0.25, -0.2) is 4.79 Å². The highest BCUT2D eigenvalue weighted by atomic mass is 16.7. The molecule has 0 atom stereocenters.